The molecule has 0 saturated heterocycles. The summed E-state index contributed by atoms with van der Waals surface area (Å²) >= 11 is 0. The highest BCUT2D eigenvalue weighted by molar-refractivity contribution is 5.70. The Kier molecular flexibility index (Phi) is 3.46. The number of fused-ring (bicyclic) bond motifs is 2. The van der Waals surface area contributed by atoms with Crippen molar-refractivity contribution in [1.29, 1.82) is 0 Å². The fourth-order valence-corrected chi connectivity index (χ4v) is 3.78. The number of hydrogen-bond donors (Lipinski definition) is 2. The van der Waals surface area contributed by atoms with Gasteiger partial charge in [-0.2, -0.15) is 0 Å². The molecule has 3 aliphatic rings. The van der Waals surface area contributed by atoms with Crippen molar-refractivity contribution in [2.24, 2.45) is 11.3 Å². The molecule has 19 heavy (non-hydrogen) atoms. The average molecular weight is 257 g/mol. The molecule has 102 valence electrons. The van der Waals surface area contributed by atoms with Crippen molar-refractivity contribution in [3.05, 3.63) is 42.0 Å². The van der Waals surface area contributed by atoms with Crippen molar-refractivity contribution in [3.63, 3.8) is 0 Å². The van der Waals surface area contributed by atoms with E-state index in [2.05, 4.69) is 41.7 Å². The van der Waals surface area contributed by atoms with E-state index in [1.54, 1.807) is 0 Å². The van der Waals surface area contributed by atoms with E-state index < -0.39 is 0 Å². The summed E-state index contributed by atoms with van der Waals surface area (Å²) in [7, 11) is 1.99. The van der Waals surface area contributed by atoms with Gasteiger partial charge in [-0.15, -0.1) is 0 Å². The lowest BCUT2D eigenvalue weighted by atomic mass is 9.58. The van der Waals surface area contributed by atoms with E-state index in [0.717, 1.165) is 25.8 Å². The van der Waals surface area contributed by atoms with Crippen LogP contribution in [-0.2, 0) is 0 Å². The Morgan fingerprint density at radius 2 is 2.11 bits per heavy atom. The number of hydrogen-bond acceptors (Lipinski definition) is 2. The summed E-state index contributed by atoms with van der Waals surface area (Å²) in [4.78, 5) is 0. The maximum Gasteiger partial charge on any atom is 0.0637 e. The van der Waals surface area contributed by atoms with Crippen LogP contribution in [0.15, 0.2) is 36.4 Å². The van der Waals surface area contributed by atoms with Gasteiger partial charge in [-0.25, -0.2) is 0 Å². The zero-order valence-corrected chi connectivity index (χ0v) is 11.6. The Bertz CT molecular complexity index is 467. The standard InChI is InChI=1S/C17H23NO/c1-18-10-9-17-8-7-14(11-16(17)19)15(12-17)13-5-3-2-4-6-13/h2-6,12,14,16,18-19H,7-11H2,1H3. The van der Waals surface area contributed by atoms with Crippen LogP contribution in [-0.4, -0.2) is 24.8 Å². The molecule has 3 aliphatic carbocycles. The summed E-state index contributed by atoms with van der Waals surface area (Å²) in [5.41, 5.74) is 2.81. The molecule has 1 aromatic carbocycles. The highest BCUT2D eigenvalue weighted by Gasteiger charge is 2.46. The van der Waals surface area contributed by atoms with Gasteiger partial charge in [-0.05, 0) is 56.3 Å². The molecule has 4 rings (SSSR count). The number of benzene rings is 1. The van der Waals surface area contributed by atoms with Gasteiger partial charge in [0.2, 0.25) is 0 Å². The maximum absolute atomic E-state index is 10.5. The third-order valence-electron chi connectivity index (χ3n) is 4.96. The molecule has 0 spiro atoms. The number of aliphatic hydroxyl groups excluding tert-OH is 1. The average Bonchev–Trinajstić information content (AvgIpc) is 2.47. The highest BCUT2D eigenvalue weighted by atomic mass is 16.3. The van der Waals surface area contributed by atoms with Gasteiger partial charge in [0, 0.05) is 5.41 Å². The van der Waals surface area contributed by atoms with E-state index in [-0.39, 0.29) is 11.5 Å². The molecule has 3 atom stereocenters. The Hall–Kier alpha value is -1.12. The van der Waals surface area contributed by atoms with Crippen molar-refractivity contribution < 1.29 is 5.11 Å². The summed E-state index contributed by atoms with van der Waals surface area (Å²) in [6, 6.07) is 10.7. The van der Waals surface area contributed by atoms with Crippen LogP contribution in [0, 0.1) is 11.3 Å². The molecule has 0 aliphatic heterocycles. The molecule has 1 saturated carbocycles. The van der Waals surface area contributed by atoms with E-state index in [4.69, 9.17) is 0 Å². The van der Waals surface area contributed by atoms with Crippen LogP contribution >= 0.6 is 0 Å². The third kappa shape index (κ3) is 2.24. The summed E-state index contributed by atoms with van der Waals surface area (Å²) in [5.74, 6) is 0.550. The lowest BCUT2D eigenvalue weighted by molar-refractivity contribution is -0.00475. The normalized spacial score (nSPS) is 33.3. The SMILES string of the molecule is CNCCC12C=C(c3ccccc3)C(CC1)CC2O. The van der Waals surface area contributed by atoms with Crippen LogP contribution in [0.3, 0.4) is 0 Å². The summed E-state index contributed by atoms with van der Waals surface area (Å²) < 4.78 is 0. The van der Waals surface area contributed by atoms with Gasteiger partial charge in [0.15, 0.2) is 0 Å². The largest absolute Gasteiger partial charge is 0.392 e. The molecule has 0 amide bonds. The van der Waals surface area contributed by atoms with Gasteiger partial charge in [0.1, 0.15) is 0 Å². The summed E-state index contributed by atoms with van der Waals surface area (Å²) in [6.07, 6.45) is 6.56. The van der Waals surface area contributed by atoms with Crippen LogP contribution in [0.1, 0.15) is 31.2 Å². The van der Waals surface area contributed by atoms with E-state index in [1.807, 2.05) is 7.05 Å². The number of aliphatic hydroxyl groups is 1. The minimum absolute atomic E-state index is 0.00291. The Morgan fingerprint density at radius 1 is 1.32 bits per heavy atom. The Morgan fingerprint density at radius 3 is 2.79 bits per heavy atom. The van der Waals surface area contributed by atoms with Gasteiger partial charge in [0.05, 0.1) is 6.10 Å². The molecule has 1 aromatic rings. The summed E-state index contributed by atoms with van der Waals surface area (Å²) in [6.45, 7) is 0.973. The van der Waals surface area contributed by atoms with Crippen LogP contribution in [0.4, 0.5) is 0 Å². The van der Waals surface area contributed by atoms with Gasteiger partial charge in [0.25, 0.3) is 0 Å². The zero-order chi connectivity index (χ0) is 13.3. The first-order chi connectivity index (χ1) is 9.25. The molecule has 3 unspecified atom stereocenters. The number of allylic oxidation sites excluding steroid dienone is 1. The van der Waals surface area contributed by atoms with Crippen LogP contribution < -0.4 is 5.32 Å². The Labute approximate surface area is 115 Å². The minimum atomic E-state index is -0.160. The molecule has 2 nitrogen and oxygen atoms in total. The fraction of sp³-hybridized carbons (Fsp3) is 0.529. The van der Waals surface area contributed by atoms with E-state index >= 15 is 0 Å². The van der Waals surface area contributed by atoms with E-state index in [0.29, 0.717) is 5.92 Å². The topological polar surface area (TPSA) is 32.3 Å². The van der Waals surface area contributed by atoms with Crippen molar-refractivity contribution in [2.45, 2.75) is 31.8 Å². The summed E-state index contributed by atoms with van der Waals surface area (Å²) in [5, 5.41) is 13.7. The van der Waals surface area contributed by atoms with Gasteiger partial charge < -0.3 is 10.4 Å². The van der Waals surface area contributed by atoms with Crippen LogP contribution in [0.5, 0.6) is 0 Å². The molecule has 0 aromatic heterocycles. The molecule has 2 heteroatoms. The second kappa shape index (κ2) is 5.10. The van der Waals surface area contributed by atoms with Gasteiger partial charge in [-0.1, -0.05) is 36.4 Å². The predicted molar refractivity (Wildman–Crippen MR) is 78.7 cm³/mol. The molecule has 0 radical (unpaired) electrons. The first-order valence-corrected chi connectivity index (χ1v) is 7.36. The second-order valence-electron chi connectivity index (χ2n) is 6.04. The zero-order valence-electron chi connectivity index (χ0n) is 11.6. The number of nitrogens with one attached hydrogen (secondary N) is 1. The highest BCUT2D eigenvalue weighted by Crippen LogP contribution is 2.53. The van der Waals surface area contributed by atoms with Crippen LogP contribution in [0.2, 0.25) is 0 Å². The quantitative estimate of drug-likeness (QED) is 0.869. The van der Waals surface area contributed by atoms with Crippen molar-refractivity contribution in [1.82, 2.24) is 5.32 Å². The maximum atomic E-state index is 10.5. The molecule has 2 N–H and O–H groups in total. The molecule has 0 heterocycles. The van der Waals surface area contributed by atoms with Gasteiger partial charge >= 0.3 is 0 Å². The molecular weight excluding hydrogens is 234 g/mol. The monoisotopic (exact) mass is 257 g/mol. The smallest absolute Gasteiger partial charge is 0.0637 e. The van der Waals surface area contributed by atoms with Gasteiger partial charge in [-0.3, -0.25) is 0 Å². The first-order valence-electron chi connectivity index (χ1n) is 7.36. The van der Waals surface area contributed by atoms with Crippen LogP contribution in [0.25, 0.3) is 5.57 Å². The van der Waals surface area contributed by atoms with Crippen molar-refractivity contribution >= 4 is 5.57 Å². The number of rotatable bonds is 4. The molecule has 1 fully saturated rings. The first kappa shape index (κ1) is 12.9. The Balaban J connectivity index is 1.95. The lowest BCUT2D eigenvalue weighted by Crippen LogP contribution is -2.45. The minimum Gasteiger partial charge on any atom is -0.392 e. The van der Waals surface area contributed by atoms with Crippen molar-refractivity contribution in [3.8, 4) is 0 Å². The third-order valence-corrected chi connectivity index (χ3v) is 4.96. The van der Waals surface area contributed by atoms with Crippen molar-refractivity contribution in [2.75, 3.05) is 13.6 Å². The lowest BCUT2D eigenvalue weighted by Gasteiger charge is -2.49. The van der Waals surface area contributed by atoms with E-state index in [9.17, 15) is 5.11 Å². The predicted octanol–water partition coefficient (Wildman–Crippen LogP) is 2.84. The molecular formula is C17H23NO. The van der Waals surface area contributed by atoms with E-state index in [1.165, 1.54) is 17.6 Å². The fourth-order valence-electron chi connectivity index (χ4n) is 3.78. The molecule has 2 bridgehead atoms. The second-order valence-corrected chi connectivity index (χ2v) is 6.04.